The summed E-state index contributed by atoms with van der Waals surface area (Å²) < 4.78 is 5.63. The average molecular weight is 480 g/mol. The molecule has 33 heavy (non-hydrogen) atoms. The van der Waals surface area contributed by atoms with Crippen molar-refractivity contribution >= 4 is 23.7 Å². The van der Waals surface area contributed by atoms with Gasteiger partial charge in [0.05, 0.1) is 6.20 Å². The number of aromatic amines is 1. The van der Waals surface area contributed by atoms with E-state index < -0.39 is 11.7 Å². The fourth-order valence-corrected chi connectivity index (χ4v) is 5.65. The van der Waals surface area contributed by atoms with Crippen molar-refractivity contribution < 1.29 is 14.3 Å². The number of urea groups is 1. The zero-order chi connectivity index (χ0) is 23.2. The second kappa shape index (κ2) is 11.2. The summed E-state index contributed by atoms with van der Waals surface area (Å²) in [5.41, 5.74) is 0.318. The Morgan fingerprint density at radius 1 is 0.909 bits per heavy atom. The van der Waals surface area contributed by atoms with E-state index in [0.29, 0.717) is 18.0 Å². The molecule has 10 heteroatoms. The Bertz CT molecular complexity index is 880. The summed E-state index contributed by atoms with van der Waals surface area (Å²) in [6, 6.07) is 0.437. The van der Waals surface area contributed by atoms with Crippen molar-refractivity contribution in [3.05, 3.63) is 27.1 Å². The van der Waals surface area contributed by atoms with Crippen molar-refractivity contribution in [3.8, 4) is 0 Å². The Morgan fingerprint density at radius 2 is 1.55 bits per heavy atom. The van der Waals surface area contributed by atoms with Gasteiger partial charge in [-0.05, 0) is 69.3 Å². The highest BCUT2D eigenvalue weighted by Crippen LogP contribution is 2.37. The van der Waals surface area contributed by atoms with E-state index in [-0.39, 0.29) is 35.2 Å². The molecule has 3 amide bonds. The Kier molecular flexibility index (Phi) is 8.11. The summed E-state index contributed by atoms with van der Waals surface area (Å²) in [5.74, 6) is 0.0615. The van der Waals surface area contributed by atoms with E-state index in [1.54, 1.807) is 6.20 Å². The number of rotatable bonds is 5. The van der Waals surface area contributed by atoms with Gasteiger partial charge in [-0.3, -0.25) is 4.79 Å². The van der Waals surface area contributed by atoms with Gasteiger partial charge in [0.2, 0.25) is 0 Å². The smallest absolute Gasteiger partial charge is 0.407 e. The van der Waals surface area contributed by atoms with Crippen LogP contribution in [0.2, 0.25) is 5.02 Å². The number of amides is 3. The number of halogens is 1. The highest BCUT2D eigenvalue weighted by atomic mass is 35.5. The Labute approximate surface area is 198 Å². The first-order valence-corrected chi connectivity index (χ1v) is 12.6. The molecule has 3 aliphatic rings. The lowest BCUT2D eigenvalue weighted by Crippen LogP contribution is -2.49. The van der Waals surface area contributed by atoms with E-state index in [9.17, 15) is 14.4 Å². The maximum Gasteiger partial charge on any atom is 0.407 e. The molecule has 0 bridgehead atoms. The maximum absolute atomic E-state index is 12.4. The molecule has 1 heterocycles. The number of nitrogens with one attached hydrogen (secondary N) is 4. The molecule has 0 spiro atoms. The predicted molar refractivity (Wildman–Crippen MR) is 124 cm³/mol. The third-order valence-electron chi connectivity index (χ3n) is 7.25. The van der Waals surface area contributed by atoms with Gasteiger partial charge in [0.15, 0.2) is 0 Å². The molecule has 3 aliphatic carbocycles. The van der Waals surface area contributed by atoms with Gasteiger partial charge in [0.25, 0.3) is 5.56 Å². The Balaban J connectivity index is 1.14. The molecule has 4 N–H and O–H groups in total. The number of carbonyl (C=O) groups is 2. The largest absolute Gasteiger partial charge is 0.446 e. The van der Waals surface area contributed by atoms with Crippen LogP contribution in [0.3, 0.4) is 0 Å². The summed E-state index contributed by atoms with van der Waals surface area (Å²) in [4.78, 5) is 36.3. The standard InChI is InChI=1S/C23H34ClN5O4/c24-20-19(13-25-29-21(20)30)14-6-11-18(12-14)33-23(32)28-17-9-7-16(8-10-17)27-22(31)26-15-4-2-1-3-5-15/h13-18H,1-12H2,(H,28,32)(H,29,30)(H2,26,27,31)/t14?,16?,17?,18-/m1/s1. The van der Waals surface area contributed by atoms with Crippen LogP contribution >= 0.6 is 11.6 Å². The number of alkyl carbamates (subject to hydrolysis) is 1. The van der Waals surface area contributed by atoms with Crippen molar-refractivity contribution in [2.75, 3.05) is 0 Å². The predicted octanol–water partition coefficient (Wildman–Crippen LogP) is 3.73. The van der Waals surface area contributed by atoms with Crippen LogP contribution in [-0.2, 0) is 4.74 Å². The molecule has 0 aliphatic heterocycles. The maximum atomic E-state index is 12.4. The Morgan fingerprint density at radius 3 is 2.24 bits per heavy atom. The van der Waals surface area contributed by atoms with Crippen LogP contribution in [0.1, 0.15) is 88.5 Å². The zero-order valence-corrected chi connectivity index (χ0v) is 19.7. The summed E-state index contributed by atoms with van der Waals surface area (Å²) in [7, 11) is 0. The molecule has 4 rings (SSSR count). The van der Waals surface area contributed by atoms with Gasteiger partial charge in [-0.25, -0.2) is 14.7 Å². The molecule has 1 aromatic rings. The summed E-state index contributed by atoms with van der Waals surface area (Å²) in [6.07, 6.45) is 12.2. The van der Waals surface area contributed by atoms with Crippen LogP contribution in [0.4, 0.5) is 9.59 Å². The van der Waals surface area contributed by atoms with Crippen LogP contribution < -0.4 is 21.5 Å². The first-order valence-electron chi connectivity index (χ1n) is 12.2. The molecule has 1 aromatic heterocycles. The van der Waals surface area contributed by atoms with Crippen molar-refractivity contribution in [1.82, 2.24) is 26.1 Å². The van der Waals surface area contributed by atoms with E-state index in [1.165, 1.54) is 19.3 Å². The SMILES string of the molecule is O=C(NC1CCCCC1)NC1CCC(NC(=O)O[C@@H]2CCC(c3cn[nH]c(=O)c3Cl)C2)CC1. The normalized spacial score (nSPS) is 28.2. The van der Waals surface area contributed by atoms with Crippen LogP contribution in [-0.4, -0.2) is 46.6 Å². The number of hydrogen-bond acceptors (Lipinski definition) is 5. The molecular formula is C23H34ClN5O4. The lowest BCUT2D eigenvalue weighted by molar-refractivity contribution is 0.0946. The molecular weight excluding hydrogens is 446 g/mol. The molecule has 1 unspecified atom stereocenters. The Hall–Kier alpha value is -2.29. The number of H-pyrrole nitrogens is 1. The van der Waals surface area contributed by atoms with Gasteiger partial charge in [-0.15, -0.1) is 0 Å². The van der Waals surface area contributed by atoms with Gasteiger partial charge >= 0.3 is 12.1 Å². The van der Waals surface area contributed by atoms with Crippen LogP contribution in [0.5, 0.6) is 0 Å². The van der Waals surface area contributed by atoms with Gasteiger partial charge in [-0.2, -0.15) is 5.10 Å². The van der Waals surface area contributed by atoms with Crippen LogP contribution in [0.15, 0.2) is 11.0 Å². The van der Waals surface area contributed by atoms with Crippen molar-refractivity contribution in [2.45, 2.75) is 107 Å². The summed E-state index contributed by atoms with van der Waals surface area (Å²) in [6.45, 7) is 0. The van der Waals surface area contributed by atoms with E-state index in [0.717, 1.165) is 51.4 Å². The van der Waals surface area contributed by atoms with Gasteiger partial charge in [0, 0.05) is 18.1 Å². The number of hydrogen-bond donors (Lipinski definition) is 4. The van der Waals surface area contributed by atoms with Gasteiger partial charge in [-0.1, -0.05) is 30.9 Å². The van der Waals surface area contributed by atoms with E-state index in [1.807, 2.05) is 0 Å². The minimum absolute atomic E-state index is 0.0560. The van der Waals surface area contributed by atoms with E-state index in [4.69, 9.17) is 16.3 Å². The quantitative estimate of drug-likeness (QED) is 0.512. The number of ether oxygens (including phenoxy) is 1. The zero-order valence-electron chi connectivity index (χ0n) is 18.9. The first-order chi connectivity index (χ1) is 16.0. The van der Waals surface area contributed by atoms with Gasteiger partial charge in [0.1, 0.15) is 11.1 Å². The molecule has 0 aromatic carbocycles. The summed E-state index contributed by atoms with van der Waals surface area (Å²) >= 11 is 6.11. The van der Waals surface area contributed by atoms with Crippen LogP contribution in [0, 0.1) is 0 Å². The minimum atomic E-state index is -0.401. The molecule has 182 valence electrons. The minimum Gasteiger partial charge on any atom is -0.446 e. The monoisotopic (exact) mass is 479 g/mol. The second-order valence-corrected chi connectivity index (χ2v) is 10.0. The molecule has 0 saturated heterocycles. The number of carbonyl (C=O) groups excluding carboxylic acids is 2. The number of aromatic nitrogens is 2. The molecule has 9 nitrogen and oxygen atoms in total. The van der Waals surface area contributed by atoms with Crippen LogP contribution in [0.25, 0.3) is 0 Å². The molecule has 3 saturated carbocycles. The van der Waals surface area contributed by atoms with Crippen molar-refractivity contribution in [1.29, 1.82) is 0 Å². The highest BCUT2D eigenvalue weighted by molar-refractivity contribution is 6.31. The first kappa shape index (κ1) is 23.9. The van der Waals surface area contributed by atoms with Gasteiger partial charge < -0.3 is 20.7 Å². The lowest BCUT2D eigenvalue weighted by atomic mass is 9.91. The third kappa shape index (κ3) is 6.62. The lowest BCUT2D eigenvalue weighted by Gasteiger charge is -2.30. The molecule has 2 atom stereocenters. The van der Waals surface area contributed by atoms with E-state index >= 15 is 0 Å². The van der Waals surface area contributed by atoms with E-state index in [2.05, 4.69) is 26.1 Å². The second-order valence-electron chi connectivity index (χ2n) is 9.65. The fraction of sp³-hybridized carbons (Fsp3) is 0.739. The molecule has 3 fully saturated rings. The summed E-state index contributed by atoms with van der Waals surface area (Å²) in [5, 5.41) is 15.5. The topological polar surface area (TPSA) is 125 Å². The average Bonchev–Trinajstić information content (AvgIpc) is 3.25. The molecule has 0 radical (unpaired) electrons. The highest BCUT2D eigenvalue weighted by Gasteiger charge is 2.32. The third-order valence-corrected chi connectivity index (χ3v) is 7.64. The fourth-order valence-electron chi connectivity index (χ4n) is 5.41. The van der Waals surface area contributed by atoms with Crippen molar-refractivity contribution in [3.63, 3.8) is 0 Å². The van der Waals surface area contributed by atoms with Crippen molar-refractivity contribution in [2.24, 2.45) is 0 Å². The number of nitrogens with zero attached hydrogens (tertiary/aromatic N) is 1.